The van der Waals surface area contributed by atoms with Gasteiger partial charge in [0.25, 0.3) is 0 Å². The summed E-state index contributed by atoms with van der Waals surface area (Å²) in [7, 11) is 0. The first-order valence-corrected chi connectivity index (χ1v) is 6.42. The highest BCUT2D eigenvalue weighted by Crippen LogP contribution is 2.30. The average molecular weight is 244 g/mol. The monoisotopic (exact) mass is 244 g/mol. The van der Waals surface area contributed by atoms with Crippen molar-refractivity contribution in [3.8, 4) is 0 Å². The van der Waals surface area contributed by atoms with Crippen LogP contribution >= 0.6 is 0 Å². The number of carbonyl (C=O) groups excluding carboxylic acids is 1. The average Bonchev–Trinajstić information content (AvgIpc) is 3.21. The van der Waals surface area contributed by atoms with Gasteiger partial charge in [-0.25, -0.2) is 0 Å². The molecule has 3 heteroatoms. The van der Waals surface area contributed by atoms with E-state index in [9.17, 15) is 4.79 Å². The van der Waals surface area contributed by atoms with Gasteiger partial charge in [0.2, 0.25) is 5.91 Å². The minimum Gasteiger partial charge on any atom is -0.337 e. The van der Waals surface area contributed by atoms with Gasteiger partial charge in [0, 0.05) is 13.1 Å². The van der Waals surface area contributed by atoms with E-state index in [0.29, 0.717) is 12.5 Å². The number of rotatable bonds is 6. The lowest BCUT2D eigenvalue weighted by molar-refractivity contribution is -0.132. The fraction of sp³-hybridized carbons (Fsp3) is 0.400. The molecule has 1 fully saturated rings. The van der Waals surface area contributed by atoms with Gasteiger partial charge in [0.15, 0.2) is 0 Å². The summed E-state index contributed by atoms with van der Waals surface area (Å²) in [6.07, 6.45) is 4.21. The van der Waals surface area contributed by atoms with Gasteiger partial charge in [-0.1, -0.05) is 36.4 Å². The predicted molar refractivity (Wildman–Crippen MR) is 72.9 cm³/mol. The van der Waals surface area contributed by atoms with Crippen molar-refractivity contribution in [3.63, 3.8) is 0 Å². The molecule has 1 amide bonds. The molecule has 2 rings (SSSR count). The first kappa shape index (κ1) is 12.8. The summed E-state index contributed by atoms with van der Waals surface area (Å²) in [6.45, 7) is 5.10. The molecule has 1 aromatic rings. The van der Waals surface area contributed by atoms with Crippen LogP contribution in [0.4, 0.5) is 0 Å². The highest BCUT2D eigenvalue weighted by molar-refractivity contribution is 5.83. The van der Waals surface area contributed by atoms with Crippen LogP contribution in [0.3, 0.4) is 0 Å². The lowest BCUT2D eigenvalue weighted by Crippen LogP contribution is -2.39. The van der Waals surface area contributed by atoms with Crippen molar-refractivity contribution < 1.29 is 4.79 Å². The van der Waals surface area contributed by atoms with Crippen LogP contribution in [0.1, 0.15) is 24.4 Å². The van der Waals surface area contributed by atoms with Gasteiger partial charge in [-0.05, 0) is 24.3 Å². The van der Waals surface area contributed by atoms with Crippen LogP contribution < -0.4 is 5.73 Å². The molecular formula is C15H20N2O. The van der Waals surface area contributed by atoms with Crippen LogP contribution in [0.5, 0.6) is 0 Å². The molecule has 1 unspecified atom stereocenters. The van der Waals surface area contributed by atoms with E-state index in [1.807, 2.05) is 35.2 Å². The zero-order valence-corrected chi connectivity index (χ0v) is 10.6. The molecule has 18 heavy (non-hydrogen) atoms. The largest absolute Gasteiger partial charge is 0.337 e. The SMILES string of the molecule is C=CCN(CC1CC1)C(=O)C(N)c1ccccc1. The maximum atomic E-state index is 12.4. The Labute approximate surface area is 108 Å². The van der Waals surface area contributed by atoms with E-state index in [0.717, 1.165) is 12.1 Å². The van der Waals surface area contributed by atoms with E-state index in [-0.39, 0.29) is 5.91 Å². The Kier molecular flexibility index (Phi) is 4.15. The van der Waals surface area contributed by atoms with E-state index < -0.39 is 6.04 Å². The van der Waals surface area contributed by atoms with E-state index in [1.54, 1.807) is 6.08 Å². The zero-order valence-electron chi connectivity index (χ0n) is 10.6. The molecule has 0 heterocycles. The minimum absolute atomic E-state index is 0.00648. The Morgan fingerprint density at radius 3 is 2.67 bits per heavy atom. The standard InChI is InChI=1S/C15H20N2O/c1-2-10-17(11-12-8-9-12)15(18)14(16)13-6-4-3-5-7-13/h2-7,12,14H,1,8-11,16H2. The van der Waals surface area contributed by atoms with Gasteiger partial charge < -0.3 is 10.6 Å². The number of hydrogen-bond acceptors (Lipinski definition) is 2. The van der Waals surface area contributed by atoms with E-state index in [4.69, 9.17) is 5.73 Å². The molecule has 1 saturated carbocycles. The highest BCUT2D eigenvalue weighted by Gasteiger charge is 2.28. The molecule has 0 saturated heterocycles. The van der Waals surface area contributed by atoms with Crippen LogP contribution in [0.2, 0.25) is 0 Å². The third kappa shape index (κ3) is 3.20. The first-order chi connectivity index (χ1) is 8.72. The molecule has 1 aromatic carbocycles. The maximum Gasteiger partial charge on any atom is 0.244 e. The predicted octanol–water partition coefficient (Wildman–Crippen LogP) is 2.11. The molecule has 1 atom stereocenters. The highest BCUT2D eigenvalue weighted by atomic mass is 16.2. The number of amides is 1. The van der Waals surface area contributed by atoms with E-state index in [1.165, 1.54) is 12.8 Å². The number of nitrogens with two attached hydrogens (primary N) is 1. The van der Waals surface area contributed by atoms with Crippen molar-refractivity contribution in [2.75, 3.05) is 13.1 Å². The second-order valence-corrected chi connectivity index (χ2v) is 4.86. The van der Waals surface area contributed by atoms with Gasteiger partial charge >= 0.3 is 0 Å². The molecule has 1 aliphatic carbocycles. The van der Waals surface area contributed by atoms with Gasteiger partial charge in [-0.2, -0.15) is 0 Å². The normalized spacial score (nSPS) is 16.1. The molecule has 2 N–H and O–H groups in total. The third-order valence-corrected chi connectivity index (χ3v) is 3.26. The Balaban J connectivity index is 2.04. The topological polar surface area (TPSA) is 46.3 Å². The van der Waals surface area contributed by atoms with Crippen molar-refractivity contribution in [2.45, 2.75) is 18.9 Å². The zero-order chi connectivity index (χ0) is 13.0. The Morgan fingerprint density at radius 1 is 1.44 bits per heavy atom. The summed E-state index contributed by atoms with van der Waals surface area (Å²) in [4.78, 5) is 14.2. The molecule has 0 aliphatic heterocycles. The summed E-state index contributed by atoms with van der Waals surface area (Å²) in [5.41, 5.74) is 6.91. The molecular weight excluding hydrogens is 224 g/mol. The molecule has 3 nitrogen and oxygen atoms in total. The lowest BCUT2D eigenvalue weighted by atomic mass is 10.1. The number of carbonyl (C=O) groups is 1. The van der Waals surface area contributed by atoms with Gasteiger partial charge in [-0.3, -0.25) is 4.79 Å². The fourth-order valence-electron chi connectivity index (χ4n) is 2.02. The van der Waals surface area contributed by atoms with Crippen molar-refractivity contribution in [1.82, 2.24) is 4.90 Å². The van der Waals surface area contributed by atoms with Crippen LogP contribution in [-0.4, -0.2) is 23.9 Å². The van der Waals surface area contributed by atoms with Crippen LogP contribution in [0, 0.1) is 5.92 Å². The Hall–Kier alpha value is -1.61. The van der Waals surface area contributed by atoms with Crippen molar-refractivity contribution >= 4 is 5.91 Å². The first-order valence-electron chi connectivity index (χ1n) is 6.42. The van der Waals surface area contributed by atoms with Gasteiger partial charge in [-0.15, -0.1) is 6.58 Å². The summed E-state index contributed by atoms with van der Waals surface area (Å²) >= 11 is 0. The van der Waals surface area contributed by atoms with Crippen molar-refractivity contribution in [3.05, 3.63) is 48.6 Å². The van der Waals surface area contributed by atoms with E-state index >= 15 is 0 Å². The molecule has 0 bridgehead atoms. The smallest absolute Gasteiger partial charge is 0.244 e. The minimum atomic E-state index is -0.565. The summed E-state index contributed by atoms with van der Waals surface area (Å²) < 4.78 is 0. The van der Waals surface area contributed by atoms with E-state index in [2.05, 4.69) is 6.58 Å². The lowest BCUT2D eigenvalue weighted by Gasteiger charge is -2.24. The van der Waals surface area contributed by atoms with Crippen LogP contribution in [-0.2, 0) is 4.79 Å². The molecule has 0 spiro atoms. The molecule has 0 radical (unpaired) electrons. The third-order valence-electron chi connectivity index (χ3n) is 3.26. The van der Waals surface area contributed by atoms with Crippen molar-refractivity contribution in [1.29, 1.82) is 0 Å². The van der Waals surface area contributed by atoms with Crippen molar-refractivity contribution in [2.24, 2.45) is 11.7 Å². The van der Waals surface area contributed by atoms with Crippen LogP contribution in [0.25, 0.3) is 0 Å². The van der Waals surface area contributed by atoms with Gasteiger partial charge in [0.05, 0.1) is 0 Å². The molecule has 1 aliphatic rings. The number of nitrogens with zero attached hydrogens (tertiary/aromatic N) is 1. The van der Waals surface area contributed by atoms with Crippen LogP contribution in [0.15, 0.2) is 43.0 Å². The second kappa shape index (κ2) is 5.83. The Morgan fingerprint density at radius 2 is 2.11 bits per heavy atom. The molecule has 96 valence electrons. The van der Waals surface area contributed by atoms with Gasteiger partial charge in [0.1, 0.15) is 6.04 Å². The second-order valence-electron chi connectivity index (χ2n) is 4.86. The fourth-order valence-corrected chi connectivity index (χ4v) is 2.02. The number of hydrogen-bond donors (Lipinski definition) is 1. The quantitative estimate of drug-likeness (QED) is 0.779. The maximum absolute atomic E-state index is 12.4. The Bertz CT molecular complexity index is 412. The number of benzene rings is 1. The molecule has 0 aromatic heterocycles. The summed E-state index contributed by atoms with van der Waals surface area (Å²) in [6, 6.07) is 8.96. The summed E-state index contributed by atoms with van der Waals surface area (Å²) in [5, 5.41) is 0. The summed E-state index contributed by atoms with van der Waals surface area (Å²) in [5.74, 6) is 0.657.